The first kappa shape index (κ1) is 15.0. The summed E-state index contributed by atoms with van der Waals surface area (Å²) < 4.78 is 1.90. The molecule has 1 aliphatic rings. The number of aryl methyl sites for hydroxylation is 2. The molecular formula is C15H26N4O. The standard InChI is InChI=1S/C15H26N4O/c1-10-13(11(2)19(3)18-10)7-8-17-15(20)14-6-4-5-12(14)9-16/h12,14H,4-9,16H2,1-3H3,(H,17,20)/t12-,14-/m1/s1. The first-order valence-corrected chi connectivity index (χ1v) is 7.51. The zero-order chi connectivity index (χ0) is 14.7. The Morgan fingerprint density at radius 3 is 2.80 bits per heavy atom. The molecule has 1 aromatic heterocycles. The van der Waals surface area contributed by atoms with Crippen LogP contribution in [0.5, 0.6) is 0 Å². The van der Waals surface area contributed by atoms with Crippen molar-refractivity contribution < 1.29 is 4.79 Å². The summed E-state index contributed by atoms with van der Waals surface area (Å²) in [4.78, 5) is 12.2. The minimum absolute atomic E-state index is 0.121. The Hall–Kier alpha value is -1.36. The summed E-state index contributed by atoms with van der Waals surface area (Å²) in [7, 11) is 1.95. The van der Waals surface area contributed by atoms with E-state index in [2.05, 4.69) is 17.3 Å². The van der Waals surface area contributed by atoms with Crippen LogP contribution < -0.4 is 11.1 Å². The van der Waals surface area contributed by atoms with Crippen molar-refractivity contribution in [1.29, 1.82) is 0 Å². The highest BCUT2D eigenvalue weighted by atomic mass is 16.1. The predicted octanol–water partition coefficient (Wildman–Crippen LogP) is 1.07. The molecule has 5 heteroatoms. The van der Waals surface area contributed by atoms with Gasteiger partial charge in [-0.2, -0.15) is 5.10 Å². The molecule has 112 valence electrons. The third-order valence-corrected chi connectivity index (χ3v) is 4.63. The third-order valence-electron chi connectivity index (χ3n) is 4.63. The lowest BCUT2D eigenvalue weighted by Gasteiger charge is -2.17. The number of nitrogens with zero attached hydrogens (tertiary/aromatic N) is 2. The van der Waals surface area contributed by atoms with Crippen molar-refractivity contribution in [2.45, 2.75) is 39.5 Å². The van der Waals surface area contributed by atoms with Crippen molar-refractivity contribution in [3.05, 3.63) is 17.0 Å². The number of nitrogens with two attached hydrogens (primary N) is 1. The zero-order valence-corrected chi connectivity index (χ0v) is 12.8. The van der Waals surface area contributed by atoms with Crippen molar-refractivity contribution in [1.82, 2.24) is 15.1 Å². The van der Waals surface area contributed by atoms with E-state index >= 15 is 0 Å². The number of hydrogen-bond donors (Lipinski definition) is 2. The van der Waals surface area contributed by atoms with Crippen molar-refractivity contribution >= 4 is 5.91 Å². The highest BCUT2D eigenvalue weighted by Gasteiger charge is 2.31. The molecule has 1 heterocycles. The fourth-order valence-corrected chi connectivity index (χ4v) is 3.29. The molecule has 0 aliphatic heterocycles. The van der Waals surface area contributed by atoms with Gasteiger partial charge >= 0.3 is 0 Å². The van der Waals surface area contributed by atoms with Gasteiger partial charge in [-0.3, -0.25) is 9.48 Å². The van der Waals surface area contributed by atoms with Crippen LogP contribution in [-0.4, -0.2) is 28.8 Å². The van der Waals surface area contributed by atoms with E-state index in [0.717, 1.165) is 31.4 Å². The van der Waals surface area contributed by atoms with Gasteiger partial charge in [-0.25, -0.2) is 0 Å². The Labute approximate surface area is 120 Å². The smallest absolute Gasteiger partial charge is 0.223 e. The van der Waals surface area contributed by atoms with Gasteiger partial charge in [0.1, 0.15) is 0 Å². The van der Waals surface area contributed by atoms with Crippen molar-refractivity contribution in [2.75, 3.05) is 13.1 Å². The van der Waals surface area contributed by atoms with E-state index in [1.807, 2.05) is 18.7 Å². The minimum atomic E-state index is 0.121. The summed E-state index contributed by atoms with van der Waals surface area (Å²) in [5.74, 6) is 0.671. The summed E-state index contributed by atoms with van der Waals surface area (Å²) in [6.45, 7) is 5.39. The maximum absolute atomic E-state index is 12.2. The average molecular weight is 278 g/mol. The molecule has 1 aliphatic carbocycles. The van der Waals surface area contributed by atoms with Crippen LogP contribution in [0.15, 0.2) is 0 Å². The number of carbonyl (C=O) groups is 1. The fourth-order valence-electron chi connectivity index (χ4n) is 3.29. The van der Waals surface area contributed by atoms with E-state index in [1.54, 1.807) is 0 Å². The monoisotopic (exact) mass is 278 g/mol. The van der Waals surface area contributed by atoms with E-state index in [0.29, 0.717) is 19.0 Å². The van der Waals surface area contributed by atoms with Crippen molar-refractivity contribution in [2.24, 2.45) is 24.6 Å². The zero-order valence-electron chi connectivity index (χ0n) is 12.8. The first-order chi connectivity index (χ1) is 9.54. The van der Waals surface area contributed by atoms with Gasteiger partial charge in [0.25, 0.3) is 0 Å². The lowest BCUT2D eigenvalue weighted by atomic mass is 9.95. The quantitative estimate of drug-likeness (QED) is 0.846. The van der Waals surface area contributed by atoms with E-state index < -0.39 is 0 Å². The molecule has 0 spiro atoms. The van der Waals surface area contributed by atoms with Crippen LogP contribution >= 0.6 is 0 Å². The van der Waals surface area contributed by atoms with Gasteiger partial charge in [0.05, 0.1) is 5.69 Å². The molecule has 1 saturated carbocycles. The number of carbonyl (C=O) groups excluding carboxylic acids is 1. The molecule has 2 atom stereocenters. The second-order valence-electron chi connectivity index (χ2n) is 5.85. The number of nitrogens with one attached hydrogen (secondary N) is 1. The number of hydrogen-bond acceptors (Lipinski definition) is 3. The van der Waals surface area contributed by atoms with Gasteiger partial charge in [0, 0.05) is 25.2 Å². The van der Waals surface area contributed by atoms with E-state index in [4.69, 9.17) is 5.73 Å². The Morgan fingerprint density at radius 1 is 1.45 bits per heavy atom. The van der Waals surface area contributed by atoms with Gasteiger partial charge < -0.3 is 11.1 Å². The van der Waals surface area contributed by atoms with Crippen LogP contribution in [0.2, 0.25) is 0 Å². The predicted molar refractivity (Wildman–Crippen MR) is 79.3 cm³/mol. The number of rotatable bonds is 5. The average Bonchev–Trinajstić information content (AvgIpc) is 2.98. The van der Waals surface area contributed by atoms with Crippen LogP contribution in [0.25, 0.3) is 0 Å². The molecule has 0 aromatic carbocycles. The minimum Gasteiger partial charge on any atom is -0.356 e. The molecular weight excluding hydrogens is 252 g/mol. The largest absolute Gasteiger partial charge is 0.356 e. The summed E-state index contributed by atoms with van der Waals surface area (Å²) >= 11 is 0. The summed E-state index contributed by atoms with van der Waals surface area (Å²) in [6, 6.07) is 0. The molecule has 3 N–H and O–H groups in total. The molecule has 0 radical (unpaired) electrons. The third kappa shape index (κ3) is 3.03. The van der Waals surface area contributed by atoms with Gasteiger partial charge in [0.15, 0.2) is 0 Å². The van der Waals surface area contributed by atoms with Gasteiger partial charge in [-0.1, -0.05) is 6.42 Å². The molecule has 20 heavy (non-hydrogen) atoms. The SMILES string of the molecule is Cc1nn(C)c(C)c1CCNC(=O)[C@@H]1CCC[C@@H]1CN. The molecule has 2 rings (SSSR count). The van der Waals surface area contributed by atoms with Gasteiger partial charge in [0.2, 0.25) is 5.91 Å². The van der Waals surface area contributed by atoms with E-state index in [1.165, 1.54) is 11.3 Å². The molecule has 1 amide bonds. The molecule has 5 nitrogen and oxygen atoms in total. The van der Waals surface area contributed by atoms with E-state index in [-0.39, 0.29) is 11.8 Å². The van der Waals surface area contributed by atoms with Gasteiger partial charge in [-0.15, -0.1) is 0 Å². The van der Waals surface area contributed by atoms with Crippen molar-refractivity contribution in [3.8, 4) is 0 Å². The molecule has 0 bridgehead atoms. The Kier molecular flexibility index (Phi) is 4.81. The highest BCUT2D eigenvalue weighted by Crippen LogP contribution is 2.30. The Balaban J connectivity index is 1.85. The van der Waals surface area contributed by atoms with Gasteiger partial charge in [-0.05, 0) is 51.1 Å². The normalized spacial score (nSPS) is 22.2. The van der Waals surface area contributed by atoms with Crippen LogP contribution in [0.4, 0.5) is 0 Å². The molecule has 1 fully saturated rings. The number of aromatic nitrogens is 2. The summed E-state index contributed by atoms with van der Waals surface area (Å²) in [5.41, 5.74) is 9.21. The molecule has 1 aromatic rings. The van der Waals surface area contributed by atoms with Crippen molar-refractivity contribution in [3.63, 3.8) is 0 Å². The number of amides is 1. The maximum Gasteiger partial charge on any atom is 0.223 e. The lowest BCUT2D eigenvalue weighted by Crippen LogP contribution is -2.36. The van der Waals surface area contributed by atoms with E-state index in [9.17, 15) is 4.79 Å². The summed E-state index contributed by atoms with van der Waals surface area (Å²) in [5, 5.41) is 7.47. The van der Waals surface area contributed by atoms with Crippen LogP contribution in [0, 0.1) is 25.7 Å². The molecule has 0 saturated heterocycles. The second-order valence-corrected chi connectivity index (χ2v) is 5.85. The highest BCUT2D eigenvalue weighted by molar-refractivity contribution is 5.79. The summed E-state index contributed by atoms with van der Waals surface area (Å²) in [6.07, 6.45) is 4.05. The van der Waals surface area contributed by atoms with Crippen LogP contribution in [0.3, 0.4) is 0 Å². The van der Waals surface area contributed by atoms with Crippen LogP contribution in [-0.2, 0) is 18.3 Å². The van der Waals surface area contributed by atoms with Crippen LogP contribution in [0.1, 0.15) is 36.2 Å². The Morgan fingerprint density at radius 2 is 2.20 bits per heavy atom. The first-order valence-electron chi connectivity index (χ1n) is 7.51. The molecule has 0 unspecified atom stereocenters. The maximum atomic E-state index is 12.2. The second kappa shape index (κ2) is 6.39. The fraction of sp³-hybridized carbons (Fsp3) is 0.733. The lowest BCUT2D eigenvalue weighted by molar-refractivity contribution is -0.125. The topological polar surface area (TPSA) is 72.9 Å². The Bertz CT molecular complexity index is 480.